The average molecular weight is 503 g/mol. The second kappa shape index (κ2) is 9.11. The fourth-order valence-corrected chi connectivity index (χ4v) is 6.81. The largest absolute Gasteiger partial charge is 0.476 e. The van der Waals surface area contributed by atoms with E-state index in [9.17, 15) is 19.1 Å². The number of nitrogens with two attached hydrogens (primary N) is 1. The molecule has 1 saturated heterocycles. The first kappa shape index (κ1) is 24.1. The minimum Gasteiger partial charge on any atom is -0.390 e. The van der Waals surface area contributed by atoms with E-state index in [2.05, 4.69) is 18.6 Å². The van der Waals surface area contributed by atoms with Gasteiger partial charge in [-0.2, -0.15) is 0 Å². The van der Waals surface area contributed by atoms with E-state index >= 15 is 0 Å². The van der Waals surface area contributed by atoms with Gasteiger partial charge in [0.1, 0.15) is 18.2 Å². The van der Waals surface area contributed by atoms with Gasteiger partial charge in [-0.25, -0.2) is 23.2 Å². The number of aliphatic hydroxyl groups excluding tert-OH is 1. The summed E-state index contributed by atoms with van der Waals surface area (Å²) in [7, 11) is -12.1. The molecule has 0 amide bonds. The molecule has 0 aromatic carbocycles. The number of hydrogen-bond donors (Lipinski definition) is 5. The number of hydrogen-bond acceptors (Lipinski definition) is 12. The summed E-state index contributed by atoms with van der Waals surface area (Å²) in [5.74, 6) is -0.0302. The quantitative estimate of drug-likeness (QED) is 0.327. The van der Waals surface area contributed by atoms with Crippen LogP contribution in [0, 0.1) is 5.92 Å². The van der Waals surface area contributed by atoms with E-state index in [0.717, 1.165) is 11.5 Å². The van der Waals surface area contributed by atoms with Gasteiger partial charge >= 0.3 is 24.0 Å². The molecule has 0 saturated carbocycles. The summed E-state index contributed by atoms with van der Waals surface area (Å²) in [5, 5.41) is 13.0. The maximum Gasteiger partial charge on any atom is 0.476 e. The highest BCUT2D eigenvalue weighted by atomic mass is 32.1. The lowest BCUT2D eigenvalue weighted by Crippen LogP contribution is -2.29. The maximum atomic E-state index is 12.3. The molecule has 1 fully saturated rings. The van der Waals surface area contributed by atoms with Gasteiger partial charge in [0.2, 0.25) is 0 Å². The van der Waals surface area contributed by atoms with Crippen LogP contribution < -0.4 is 5.73 Å². The summed E-state index contributed by atoms with van der Waals surface area (Å²) in [6, 6.07) is 0. The Bertz CT molecular complexity index is 1000. The highest BCUT2D eigenvalue weighted by Gasteiger charge is 2.44. The van der Waals surface area contributed by atoms with Crippen LogP contribution in [0.15, 0.2) is 11.7 Å². The molecule has 30 heavy (non-hydrogen) atoms. The number of ether oxygens (including phenoxy) is 1. The van der Waals surface area contributed by atoms with Gasteiger partial charge in [-0.3, -0.25) is 4.57 Å². The zero-order chi connectivity index (χ0) is 22.3. The monoisotopic (exact) mass is 503 g/mol. The first-order valence-electron chi connectivity index (χ1n) is 8.35. The Morgan fingerprint density at radius 1 is 1.33 bits per heavy atom. The summed E-state index contributed by atoms with van der Waals surface area (Å²) in [5.41, 5.74) is 6.47. The van der Waals surface area contributed by atoms with Crippen molar-refractivity contribution in [1.29, 1.82) is 0 Å². The second-order valence-corrected chi connectivity index (χ2v) is 12.0. The first-order chi connectivity index (χ1) is 13.9. The minimum atomic E-state index is -5.03. The average Bonchev–Trinajstić information content (AvgIpc) is 3.14. The van der Waals surface area contributed by atoms with Crippen molar-refractivity contribution in [2.75, 3.05) is 19.0 Å². The van der Waals surface area contributed by atoms with Crippen molar-refractivity contribution in [2.24, 2.45) is 5.92 Å². The maximum absolute atomic E-state index is 12.3. The van der Waals surface area contributed by atoms with Crippen molar-refractivity contribution >= 4 is 52.1 Å². The molecule has 13 nitrogen and oxygen atoms in total. The number of fused-ring (bicyclic) bond motifs is 1. The molecule has 0 bridgehead atoms. The molecule has 3 rings (SSSR count). The third-order valence-corrected chi connectivity index (χ3v) is 9.10. The number of thiophene rings is 1. The molecule has 1 aliphatic heterocycles. The lowest BCUT2D eigenvalue weighted by molar-refractivity contribution is -0.0168. The van der Waals surface area contributed by atoms with Crippen LogP contribution in [-0.4, -0.2) is 55.2 Å². The third-order valence-electron chi connectivity index (χ3n) is 4.30. The van der Waals surface area contributed by atoms with Gasteiger partial charge in [-0.1, -0.05) is 6.92 Å². The van der Waals surface area contributed by atoms with E-state index < -0.39 is 42.3 Å². The number of nitrogens with zero attached hydrogens (tertiary/aromatic N) is 2. The number of anilines is 1. The summed E-state index contributed by atoms with van der Waals surface area (Å²) >= 11 is 1.36. The van der Waals surface area contributed by atoms with Crippen molar-refractivity contribution in [3.05, 3.63) is 16.6 Å². The van der Waals surface area contributed by atoms with Crippen molar-refractivity contribution in [1.82, 2.24) is 9.97 Å². The van der Waals surface area contributed by atoms with E-state index in [1.165, 1.54) is 17.7 Å². The summed E-state index contributed by atoms with van der Waals surface area (Å²) in [6.45, 7) is 2.39. The molecule has 2 aromatic heterocycles. The van der Waals surface area contributed by atoms with Gasteiger partial charge in [0.25, 0.3) is 0 Å². The van der Waals surface area contributed by atoms with E-state index in [4.69, 9.17) is 24.8 Å². The lowest BCUT2D eigenvalue weighted by atomic mass is 9.97. The topological polar surface area (TPSA) is 204 Å². The molecule has 6 atom stereocenters. The van der Waals surface area contributed by atoms with Crippen LogP contribution in [0.3, 0.4) is 0 Å². The Morgan fingerprint density at radius 2 is 2.03 bits per heavy atom. The Hall–Kier alpha value is -0.590. The van der Waals surface area contributed by atoms with E-state index in [1.54, 1.807) is 12.3 Å². The van der Waals surface area contributed by atoms with Crippen molar-refractivity contribution < 1.29 is 46.8 Å². The minimum absolute atomic E-state index is 0.329. The lowest BCUT2D eigenvalue weighted by Gasteiger charge is -2.20. The molecule has 0 aliphatic carbocycles. The predicted octanol–water partition coefficient (Wildman–Crippen LogP) is 1.90. The standard InChI is InChI=1S/C13H20N3O10P3S/c1-6-10(17)8(3-23-28(2,19)25-27(18)26-29(20,21)22)24-11(6)12-9-7(4-30-12)13(14)16-5-15-9/h4-6,8,10-11,17-18H,3H2,1-2H3,(H2,14,15,16)(H2,20,21,22). The molecule has 6 unspecified atom stereocenters. The van der Waals surface area contributed by atoms with E-state index in [1.807, 2.05) is 0 Å². The molecule has 0 spiro atoms. The first-order valence-corrected chi connectivity index (χ1v) is 13.9. The smallest absolute Gasteiger partial charge is 0.390 e. The van der Waals surface area contributed by atoms with Crippen LogP contribution >= 0.6 is 35.4 Å². The molecule has 2 aromatic rings. The normalized spacial score (nSPS) is 27.9. The predicted molar refractivity (Wildman–Crippen MR) is 107 cm³/mol. The third kappa shape index (κ3) is 5.60. The fourth-order valence-electron chi connectivity index (χ4n) is 2.92. The van der Waals surface area contributed by atoms with Gasteiger partial charge < -0.3 is 34.8 Å². The number of aliphatic hydroxyl groups is 1. The Balaban J connectivity index is 1.66. The van der Waals surface area contributed by atoms with Crippen LogP contribution in [0.25, 0.3) is 10.9 Å². The number of rotatable bonds is 8. The van der Waals surface area contributed by atoms with Crippen LogP contribution in [0.2, 0.25) is 0 Å². The number of aromatic nitrogens is 2. The van der Waals surface area contributed by atoms with E-state index in [0.29, 0.717) is 16.7 Å². The van der Waals surface area contributed by atoms with Crippen molar-refractivity contribution in [3.63, 3.8) is 0 Å². The van der Waals surface area contributed by atoms with Gasteiger partial charge in [0.05, 0.1) is 34.6 Å². The van der Waals surface area contributed by atoms with Crippen LogP contribution in [0.5, 0.6) is 0 Å². The molecule has 1 aliphatic rings. The van der Waals surface area contributed by atoms with Gasteiger partial charge in [-0.05, 0) is 0 Å². The molecule has 3 heterocycles. The van der Waals surface area contributed by atoms with Gasteiger partial charge in [0.15, 0.2) is 0 Å². The summed E-state index contributed by atoms with van der Waals surface area (Å²) < 4.78 is 42.5. The molecular formula is C13H20N3O10P3S. The Labute approximate surface area is 175 Å². The van der Waals surface area contributed by atoms with Crippen LogP contribution in [0.1, 0.15) is 17.9 Å². The Kier molecular flexibility index (Phi) is 7.30. The molecule has 6 N–H and O–H groups in total. The summed E-state index contributed by atoms with van der Waals surface area (Å²) in [6.07, 6.45) is -1.06. The zero-order valence-electron chi connectivity index (χ0n) is 15.6. The van der Waals surface area contributed by atoms with Crippen LogP contribution in [0.4, 0.5) is 5.82 Å². The van der Waals surface area contributed by atoms with Crippen molar-refractivity contribution in [3.8, 4) is 0 Å². The van der Waals surface area contributed by atoms with Crippen LogP contribution in [-0.2, 0) is 27.0 Å². The zero-order valence-corrected chi connectivity index (χ0v) is 19.1. The van der Waals surface area contributed by atoms with Gasteiger partial charge in [-0.15, -0.1) is 11.3 Å². The number of nitrogen functional groups attached to an aromatic ring is 1. The van der Waals surface area contributed by atoms with Gasteiger partial charge in [0, 0.05) is 18.0 Å². The molecule has 17 heteroatoms. The Morgan fingerprint density at radius 3 is 2.70 bits per heavy atom. The summed E-state index contributed by atoms with van der Waals surface area (Å²) in [4.78, 5) is 35.6. The molecule has 0 radical (unpaired) electrons. The molecule has 168 valence electrons. The second-order valence-electron chi connectivity index (χ2n) is 6.52. The molecular weight excluding hydrogens is 483 g/mol. The van der Waals surface area contributed by atoms with Crippen molar-refractivity contribution in [2.45, 2.75) is 25.2 Å². The number of phosphoric acid groups is 1. The SMILES string of the molecule is CC1C(c2scc3c(N)ncnc23)OC(COP(C)(=O)OP(O)OP(=O)(O)O)C1O. The van der Waals surface area contributed by atoms with E-state index in [-0.39, 0.29) is 12.5 Å². The highest BCUT2D eigenvalue weighted by Crippen LogP contribution is 2.62. The highest BCUT2D eigenvalue weighted by molar-refractivity contribution is 7.65. The fraction of sp³-hybridized carbons (Fsp3) is 0.538.